The van der Waals surface area contributed by atoms with Crippen molar-refractivity contribution in [2.75, 3.05) is 38.7 Å². The minimum atomic E-state index is -0.172. The average Bonchev–Trinajstić information content (AvgIpc) is 3.46. The molecule has 3 heterocycles. The molecular weight excluding hydrogens is 620 g/mol. The molecule has 1 saturated heterocycles. The smallest absolute Gasteiger partial charge is 0.256 e. The summed E-state index contributed by atoms with van der Waals surface area (Å²) in [6.07, 6.45) is 12.3. The van der Waals surface area contributed by atoms with Crippen molar-refractivity contribution < 1.29 is 18.9 Å². The highest BCUT2D eigenvalue weighted by Crippen LogP contribution is 2.36. The van der Waals surface area contributed by atoms with Crippen LogP contribution < -0.4 is 20.1 Å². The molecule has 2 fully saturated rings. The van der Waals surface area contributed by atoms with Gasteiger partial charge in [-0.25, -0.2) is 9.97 Å². The van der Waals surface area contributed by atoms with Crippen LogP contribution in [0.2, 0.25) is 5.02 Å². The van der Waals surface area contributed by atoms with Crippen LogP contribution in [0, 0.1) is 5.41 Å². The second kappa shape index (κ2) is 16.6. The first-order chi connectivity index (χ1) is 22.7. The molecule has 5 rings (SSSR count). The molecule has 4 atom stereocenters. The van der Waals surface area contributed by atoms with Gasteiger partial charge in [0.05, 0.1) is 55.1 Å². The number of nitrogens with one attached hydrogen (secondary N) is 3. The molecule has 2 aliphatic rings. The van der Waals surface area contributed by atoms with Crippen LogP contribution in [0.15, 0.2) is 36.8 Å². The van der Waals surface area contributed by atoms with Crippen molar-refractivity contribution >= 4 is 29.6 Å². The van der Waals surface area contributed by atoms with Crippen molar-refractivity contribution in [1.82, 2.24) is 30.0 Å². The standard InChI is InChI=1S/C34H49ClN8O4/c1-22(44-5)12-13-45-33-31(20-43(41-33)29-9-7-28(8-10-29)42-18-24(3)46-25(4)19-42)40-34-38-16-27(17-39-34)26-6-11-30(35)32(14-26)47-23(2)15-37-21-36/h6,11,14,16-17,20-25,28-29H,7-10,12-13,15,18-19H2,1-5H3,(H2,36,37)(H,38,39,40)/t22?,23-,24-,25+,28?,29?/m0/s1. The number of rotatable bonds is 15. The Bertz CT molecular complexity index is 1420. The summed E-state index contributed by atoms with van der Waals surface area (Å²) in [6.45, 7) is 11.3. The van der Waals surface area contributed by atoms with E-state index < -0.39 is 0 Å². The van der Waals surface area contributed by atoms with Crippen LogP contribution in [0.3, 0.4) is 0 Å². The van der Waals surface area contributed by atoms with E-state index in [2.05, 4.69) is 44.0 Å². The minimum absolute atomic E-state index is 0.0886. The summed E-state index contributed by atoms with van der Waals surface area (Å²) in [5, 5.41) is 18.8. The van der Waals surface area contributed by atoms with Crippen molar-refractivity contribution in [3.05, 3.63) is 41.8 Å². The third kappa shape index (κ3) is 9.56. The van der Waals surface area contributed by atoms with Gasteiger partial charge in [0.25, 0.3) is 5.88 Å². The Hall–Kier alpha value is -3.45. The lowest BCUT2D eigenvalue weighted by molar-refractivity contribution is -0.0852. The third-order valence-electron chi connectivity index (χ3n) is 8.87. The van der Waals surface area contributed by atoms with Gasteiger partial charge >= 0.3 is 0 Å². The van der Waals surface area contributed by atoms with Crippen LogP contribution in [0.25, 0.3) is 11.1 Å². The maximum absolute atomic E-state index is 7.16. The third-order valence-corrected chi connectivity index (χ3v) is 9.18. The van der Waals surface area contributed by atoms with Gasteiger partial charge in [-0.3, -0.25) is 15.0 Å². The summed E-state index contributed by atoms with van der Waals surface area (Å²) in [5.41, 5.74) is 2.43. The van der Waals surface area contributed by atoms with Crippen molar-refractivity contribution in [2.45, 2.75) is 96.3 Å². The normalized spacial score (nSPS) is 23.1. The van der Waals surface area contributed by atoms with Crippen molar-refractivity contribution in [2.24, 2.45) is 0 Å². The highest BCUT2D eigenvalue weighted by atomic mass is 35.5. The first-order valence-corrected chi connectivity index (χ1v) is 17.0. The van der Waals surface area contributed by atoms with Crippen molar-refractivity contribution in [1.29, 1.82) is 5.41 Å². The zero-order valence-electron chi connectivity index (χ0n) is 28.1. The van der Waals surface area contributed by atoms with Crippen LogP contribution >= 0.6 is 11.6 Å². The number of ether oxygens (including phenoxy) is 4. The monoisotopic (exact) mass is 668 g/mol. The lowest BCUT2D eigenvalue weighted by Crippen LogP contribution is -2.51. The molecule has 0 spiro atoms. The van der Waals surface area contributed by atoms with Gasteiger partial charge in [0.1, 0.15) is 17.5 Å². The fourth-order valence-electron chi connectivity index (χ4n) is 6.32. The molecule has 1 saturated carbocycles. The number of hydrogen-bond acceptors (Lipinski definition) is 10. The Kier molecular flexibility index (Phi) is 12.3. The molecule has 13 heteroatoms. The summed E-state index contributed by atoms with van der Waals surface area (Å²) in [7, 11) is 1.71. The van der Waals surface area contributed by atoms with E-state index in [0.717, 1.165) is 68.3 Å². The van der Waals surface area contributed by atoms with Crippen LogP contribution in [-0.4, -0.2) is 94.8 Å². The molecule has 1 aromatic carbocycles. The molecule has 256 valence electrons. The molecule has 47 heavy (non-hydrogen) atoms. The fourth-order valence-corrected chi connectivity index (χ4v) is 6.48. The molecular formula is C34H49ClN8O4. The van der Waals surface area contributed by atoms with Crippen LogP contribution in [-0.2, 0) is 9.47 Å². The SMILES string of the molecule is COC(C)CCOc1nn(C2CCC(N3C[C@@H](C)O[C@@H](C)C3)CC2)cc1Nc1ncc(-c2ccc(Cl)c(O[C@@H](C)CNC=N)c2)cn1. The number of methoxy groups -OCH3 is 1. The number of nitrogens with zero attached hydrogens (tertiary/aromatic N) is 5. The number of halogens is 1. The molecule has 0 radical (unpaired) electrons. The van der Waals surface area contributed by atoms with Gasteiger partial charge < -0.3 is 29.6 Å². The van der Waals surface area contributed by atoms with E-state index in [9.17, 15) is 0 Å². The summed E-state index contributed by atoms with van der Waals surface area (Å²) in [5.74, 6) is 1.54. The van der Waals surface area contributed by atoms with E-state index in [1.807, 2.05) is 32.2 Å². The summed E-state index contributed by atoms with van der Waals surface area (Å²) < 4.78 is 25.6. The van der Waals surface area contributed by atoms with Crippen molar-refractivity contribution in [3.8, 4) is 22.8 Å². The largest absolute Gasteiger partial charge is 0.487 e. The number of anilines is 2. The van der Waals surface area contributed by atoms with E-state index >= 15 is 0 Å². The second-order valence-electron chi connectivity index (χ2n) is 12.7. The average molecular weight is 669 g/mol. The molecule has 1 aliphatic heterocycles. The van der Waals surface area contributed by atoms with E-state index in [0.29, 0.717) is 47.8 Å². The van der Waals surface area contributed by atoms with E-state index in [-0.39, 0.29) is 24.4 Å². The predicted octanol–water partition coefficient (Wildman–Crippen LogP) is 6.10. The molecule has 2 aromatic heterocycles. The Morgan fingerprint density at radius 3 is 2.43 bits per heavy atom. The van der Waals surface area contributed by atoms with Gasteiger partial charge in [-0.15, -0.1) is 5.10 Å². The number of aromatic nitrogens is 4. The topological polar surface area (TPSA) is 132 Å². The van der Waals surface area contributed by atoms with Gasteiger partial charge in [0.2, 0.25) is 5.95 Å². The van der Waals surface area contributed by atoms with Gasteiger partial charge in [-0.05, 0) is 71.1 Å². The molecule has 12 nitrogen and oxygen atoms in total. The highest BCUT2D eigenvalue weighted by molar-refractivity contribution is 6.32. The Balaban J connectivity index is 1.26. The van der Waals surface area contributed by atoms with Crippen LogP contribution in [0.4, 0.5) is 11.6 Å². The summed E-state index contributed by atoms with van der Waals surface area (Å²) >= 11 is 6.40. The predicted molar refractivity (Wildman–Crippen MR) is 184 cm³/mol. The highest BCUT2D eigenvalue weighted by Gasteiger charge is 2.32. The molecule has 0 bridgehead atoms. The summed E-state index contributed by atoms with van der Waals surface area (Å²) in [6, 6.07) is 6.47. The van der Waals surface area contributed by atoms with Gasteiger partial charge in [-0.2, -0.15) is 0 Å². The Morgan fingerprint density at radius 2 is 1.74 bits per heavy atom. The summed E-state index contributed by atoms with van der Waals surface area (Å²) in [4.78, 5) is 11.8. The lowest BCUT2D eigenvalue weighted by Gasteiger charge is -2.42. The zero-order chi connectivity index (χ0) is 33.3. The molecule has 3 aromatic rings. The first-order valence-electron chi connectivity index (χ1n) is 16.6. The van der Waals surface area contributed by atoms with E-state index in [1.54, 1.807) is 25.6 Å². The van der Waals surface area contributed by atoms with Gasteiger partial charge in [0.15, 0.2) is 0 Å². The zero-order valence-corrected chi connectivity index (χ0v) is 28.9. The maximum Gasteiger partial charge on any atom is 0.256 e. The first kappa shape index (κ1) is 34.9. The van der Waals surface area contributed by atoms with Crippen molar-refractivity contribution in [3.63, 3.8) is 0 Å². The van der Waals surface area contributed by atoms with Gasteiger partial charge in [0, 0.05) is 50.6 Å². The van der Waals surface area contributed by atoms with E-state index in [4.69, 9.17) is 41.1 Å². The quantitative estimate of drug-likeness (QED) is 0.129. The van der Waals surface area contributed by atoms with E-state index in [1.165, 1.54) is 0 Å². The molecule has 1 aliphatic carbocycles. The number of morpholine rings is 1. The van der Waals surface area contributed by atoms with Crippen LogP contribution in [0.5, 0.6) is 11.6 Å². The van der Waals surface area contributed by atoms with Gasteiger partial charge in [-0.1, -0.05) is 17.7 Å². The maximum atomic E-state index is 7.16. The van der Waals surface area contributed by atoms with Crippen LogP contribution in [0.1, 0.15) is 65.8 Å². The Morgan fingerprint density at radius 1 is 1.04 bits per heavy atom. The molecule has 0 amide bonds. The fraction of sp³-hybridized carbons (Fsp3) is 0.588. The minimum Gasteiger partial charge on any atom is -0.487 e. The molecule has 3 N–H and O–H groups in total. The number of hydrogen-bond donors (Lipinski definition) is 3. The molecule has 1 unspecified atom stereocenters. The lowest BCUT2D eigenvalue weighted by atomic mass is 9.89. The second-order valence-corrected chi connectivity index (χ2v) is 13.1. The number of benzene rings is 1. The Labute approximate surface area is 283 Å².